The largest absolute Gasteiger partial charge is 0.330 e. The van der Waals surface area contributed by atoms with Crippen LogP contribution in [0.25, 0.3) is 11.2 Å². The number of imidazole rings is 1. The van der Waals surface area contributed by atoms with Gasteiger partial charge in [0.25, 0.3) is 5.56 Å². The highest BCUT2D eigenvalue weighted by Crippen LogP contribution is 2.23. The lowest BCUT2D eigenvalue weighted by Crippen LogP contribution is -2.30. The lowest BCUT2D eigenvalue weighted by atomic mass is 10.2. The van der Waals surface area contributed by atoms with Crippen molar-refractivity contribution in [3.8, 4) is 0 Å². The molecule has 0 spiro atoms. The molecule has 19 heavy (non-hydrogen) atoms. The molecule has 0 aliphatic carbocycles. The van der Waals surface area contributed by atoms with E-state index in [9.17, 15) is 9.59 Å². The second-order valence-corrected chi connectivity index (χ2v) is 4.85. The van der Waals surface area contributed by atoms with Gasteiger partial charge in [-0.1, -0.05) is 0 Å². The zero-order valence-corrected chi connectivity index (χ0v) is 11.1. The Morgan fingerprint density at radius 1 is 1.42 bits per heavy atom. The maximum absolute atomic E-state index is 12.0. The van der Waals surface area contributed by atoms with Gasteiger partial charge >= 0.3 is 5.69 Å². The Kier molecular flexibility index (Phi) is 2.78. The fraction of sp³-hybridized carbons (Fsp3) is 0.583. The van der Waals surface area contributed by atoms with Crippen molar-refractivity contribution in [2.24, 2.45) is 7.05 Å². The Morgan fingerprint density at radius 3 is 2.84 bits per heavy atom. The summed E-state index contributed by atoms with van der Waals surface area (Å²) in [5, 5.41) is 3.36. The third-order valence-electron chi connectivity index (χ3n) is 3.74. The summed E-state index contributed by atoms with van der Waals surface area (Å²) in [5.74, 6) is 0.825. The fourth-order valence-corrected chi connectivity index (χ4v) is 2.77. The first kappa shape index (κ1) is 12.2. The van der Waals surface area contributed by atoms with E-state index in [1.165, 1.54) is 4.57 Å². The van der Waals surface area contributed by atoms with Gasteiger partial charge in [-0.3, -0.25) is 14.3 Å². The highest BCUT2D eigenvalue weighted by Gasteiger charge is 2.24. The molecule has 1 saturated heterocycles. The van der Waals surface area contributed by atoms with Gasteiger partial charge in [0.2, 0.25) is 0 Å². The van der Waals surface area contributed by atoms with Crippen LogP contribution in [0.1, 0.15) is 31.6 Å². The number of rotatable bonds is 2. The van der Waals surface area contributed by atoms with E-state index in [4.69, 9.17) is 0 Å². The number of hydrogen-bond acceptors (Lipinski definition) is 4. The van der Waals surface area contributed by atoms with Crippen LogP contribution in [0, 0.1) is 0 Å². The van der Waals surface area contributed by atoms with E-state index in [1.807, 2.05) is 14.0 Å². The molecule has 7 heteroatoms. The normalized spacial score (nSPS) is 19.4. The van der Waals surface area contributed by atoms with Crippen LogP contribution in [-0.4, -0.2) is 25.6 Å². The zero-order valence-electron chi connectivity index (χ0n) is 11.1. The number of nitrogens with one attached hydrogen (secondary N) is 2. The monoisotopic (exact) mass is 263 g/mol. The minimum absolute atomic E-state index is 0.164. The van der Waals surface area contributed by atoms with E-state index in [0.29, 0.717) is 17.7 Å². The molecule has 7 nitrogen and oxygen atoms in total. The van der Waals surface area contributed by atoms with Gasteiger partial charge in [0.15, 0.2) is 11.2 Å². The summed E-state index contributed by atoms with van der Waals surface area (Å²) in [6.07, 6.45) is 2.11. The molecule has 1 aliphatic heterocycles. The summed E-state index contributed by atoms with van der Waals surface area (Å²) < 4.78 is 3.29. The molecule has 0 saturated carbocycles. The summed E-state index contributed by atoms with van der Waals surface area (Å²) in [7, 11) is 1.82. The molecule has 2 aromatic heterocycles. The van der Waals surface area contributed by atoms with Crippen LogP contribution in [-0.2, 0) is 13.6 Å². The van der Waals surface area contributed by atoms with Crippen molar-refractivity contribution < 1.29 is 0 Å². The molecule has 0 amide bonds. The molecule has 0 radical (unpaired) electrons. The molecule has 102 valence electrons. The molecular formula is C12H17N5O2. The van der Waals surface area contributed by atoms with Crippen molar-refractivity contribution in [3.05, 3.63) is 26.7 Å². The Labute approximate surface area is 109 Å². The molecule has 1 unspecified atom stereocenters. The van der Waals surface area contributed by atoms with E-state index >= 15 is 0 Å². The number of nitrogens with zero attached hydrogens (tertiary/aromatic N) is 3. The average molecular weight is 263 g/mol. The van der Waals surface area contributed by atoms with Crippen LogP contribution in [0.5, 0.6) is 0 Å². The number of hydrogen-bond donors (Lipinski definition) is 2. The molecule has 3 rings (SSSR count). The SMILES string of the molecule is CCn1c(=O)[nH]c(=O)c2c1nc(C1CCCN1)n2C. The predicted octanol–water partition coefficient (Wildman–Crippen LogP) is -0.132. The summed E-state index contributed by atoms with van der Waals surface area (Å²) in [4.78, 5) is 30.6. The number of H-pyrrole nitrogens is 1. The molecule has 2 N–H and O–H groups in total. The van der Waals surface area contributed by atoms with Gasteiger partial charge < -0.3 is 9.88 Å². The van der Waals surface area contributed by atoms with Crippen molar-refractivity contribution in [2.75, 3.05) is 6.54 Å². The van der Waals surface area contributed by atoms with Gasteiger partial charge in [0.1, 0.15) is 5.82 Å². The first-order valence-electron chi connectivity index (χ1n) is 6.56. The van der Waals surface area contributed by atoms with E-state index in [2.05, 4.69) is 15.3 Å². The van der Waals surface area contributed by atoms with E-state index in [0.717, 1.165) is 25.2 Å². The van der Waals surface area contributed by atoms with Crippen LogP contribution in [0.2, 0.25) is 0 Å². The highest BCUT2D eigenvalue weighted by atomic mass is 16.2. The molecule has 1 atom stereocenters. The van der Waals surface area contributed by atoms with Crippen molar-refractivity contribution in [2.45, 2.75) is 32.4 Å². The standard InChI is InChI=1S/C12H17N5O2/c1-3-17-10-8(11(18)15-12(17)19)16(2)9(14-10)7-5-4-6-13-7/h7,13H,3-6H2,1-2H3,(H,15,18,19). The minimum Gasteiger partial charge on any atom is -0.324 e. The number of aromatic nitrogens is 4. The van der Waals surface area contributed by atoms with E-state index in [-0.39, 0.29) is 11.6 Å². The second kappa shape index (κ2) is 4.34. The van der Waals surface area contributed by atoms with Crippen LogP contribution in [0.3, 0.4) is 0 Å². The van der Waals surface area contributed by atoms with Gasteiger partial charge in [-0.25, -0.2) is 9.78 Å². The molecule has 2 aromatic rings. The smallest absolute Gasteiger partial charge is 0.324 e. The van der Waals surface area contributed by atoms with Crippen LogP contribution < -0.4 is 16.6 Å². The van der Waals surface area contributed by atoms with E-state index < -0.39 is 5.69 Å². The third kappa shape index (κ3) is 1.73. The topological polar surface area (TPSA) is 84.7 Å². The van der Waals surface area contributed by atoms with E-state index in [1.54, 1.807) is 4.57 Å². The van der Waals surface area contributed by atoms with Crippen LogP contribution >= 0.6 is 0 Å². The van der Waals surface area contributed by atoms with Gasteiger partial charge in [-0.2, -0.15) is 0 Å². The van der Waals surface area contributed by atoms with Crippen molar-refractivity contribution in [1.29, 1.82) is 0 Å². The lowest BCUT2D eigenvalue weighted by molar-refractivity contribution is 0.583. The Hall–Kier alpha value is -1.89. The maximum Gasteiger partial charge on any atom is 0.330 e. The predicted molar refractivity (Wildman–Crippen MR) is 71.2 cm³/mol. The Morgan fingerprint density at radius 2 is 2.21 bits per heavy atom. The molecule has 1 aliphatic rings. The summed E-state index contributed by atoms with van der Waals surface area (Å²) in [6, 6.07) is 0.164. The molecule has 3 heterocycles. The van der Waals surface area contributed by atoms with Gasteiger partial charge in [-0.15, -0.1) is 0 Å². The summed E-state index contributed by atoms with van der Waals surface area (Å²) in [5.41, 5.74) is 0.167. The van der Waals surface area contributed by atoms with Crippen LogP contribution in [0.4, 0.5) is 0 Å². The number of aryl methyl sites for hydroxylation is 2. The summed E-state index contributed by atoms with van der Waals surface area (Å²) in [6.45, 7) is 3.31. The molecule has 0 aromatic carbocycles. The first-order chi connectivity index (χ1) is 9.13. The van der Waals surface area contributed by atoms with Gasteiger partial charge in [0.05, 0.1) is 6.04 Å². The minimum atomic E-state index is -0.399. The first-order valence-corrected chi connectivity index (χ1v) is 6.56. The molecular weight excluding hydrogens is 246 g/mol. The second-order valence-electron chi connectivity index (χ2n) is 4.85. The van der Waals surface area contributed by atoms with Crippen molar-refractivity contribution in [1.82, 2.24) is 24.4 Å². The number of fused-ring (bicyclic) bond motifs is 1. The molecule has 1 fully saturated rings. The zero-order chi connectivity index (χ0) is 13.6. The van der Waals surface area contributed by atoms with Gasteiger partial charge in [-0.05, 0) is 26.3 Å². The van der Waals surface area contributed by atoms with Crippen molar-refractivity contribution >= 4 is 11.2 Å². The maximum atomic E-state index is 12.0. The summed E-state index contributed by atoms with van der Waals surface area (Å²) >= 11 is 0. The number of aromatic amines is 1. The highest BCUT2D eigenvalue weighted by molar-refractivity contribution is 5.71. The molecule has 0 bridgehead atoms. The lowest BCUT2D eigenvalue weighted by Gasteiger charge is -2.09. The Balaban J connectivity index is 2.33. The fourth-order valence-electron chi connectivity index (χ4n) is 2.77. The van der Waals surface area contributed by atoms with Crippen molar-refractivity contribution in [3.63, 3.8) is 0 Å². The third-order valence-corrected chi connectivity index (χ3v) is 3.74. The quantitative estimate of drug-likeness (QED) is 0.790. The Bertz CT molecular complexity index is 733. The van der Waals surface area contributed by atoms with Crippen LogP contribution in [0.15, 0.2) is 9.59 Å². The van der Waals surface area contributed by atoms with Gasteiger partial charge in [0, 0.05) is 13.6 Å². The average Bonchev–Trinajstić information content (AvgIpc) is 2.97.